The highest BCUT2D eigenvalue weighted by Crippen LogP contribution is 2.22. The van der Waals surface area contributed by atoms with E-state index in [-0.39, 0.29) is 0 Å². The van der Waals surface area contributed by atoms with Crippen molar-refractivity contribution in [1.29, 1.82) is 0 Å². The summed E-state index contributed by atoms with van der Waals surface area (Å²) < 4.78 is 2.09. The molecule has 0 saturated heterocycles. The molecule has 166 valence electrons. The van der Waals surface area contributed by atoms with E-state index in [2.05, 4.69) is 51.2 Å². The number of benzene rings is 1. The number of fused-ring (bicyclic) bond motifs is 1. The highest BCUT2D eigenvalue weighted by molar-refractivity contribution is 6.11. The molecule has 2 N–H and O–H groups in total. The fourth-order valence-electron chi connectivity index (χ4n) is 3.89. The number of allylic oxidation sites excluding steroid dienone is 1. The van der Waals surface area contributed by atoms with Gasteiger partial charge < -0.3 is 5.73 Å². The van der Waals surface area contributed by atoms with Crippen LogP contribution in [0.15, 0.2) is 81.6 Å². The summed E-state index contributed by atoms with van der Waals surface area (Å²) in [6.45, 7) is 6.03. The van der Waals surface area contributed by atoms with Gasteiger partial charge in [0.05, 0.1) is 17.6 Å². The molecule has 0 radical (unpaired) electrons. The Bertz CT molecular complexity index is 1110. The monoisotopic (exact) mass is 428 g/mol. The summed E-state index contributed by atoms with van der Waals surface area (Å²) in [5.41, 5.74) is 11.7. The van der Waals surface area contributed by atoms with Crippen molar-refractivity contribution in [2.45, 2.75) is 39.0 Å². The van der Waals surface area contributed by atoms with Crippen LogP contribution in [0.4, 0.5) is 0 Å². The molecule has 32 heavy (non-hydrogen) atoms. The molecule has 2 heterocycles. The molecule has 0 spiro atoms. The summed E-state index contributed by atoms with van der Waals surface area (Å²) in [5, 5.41) is 0. The zero-order valence-corrected chi connectivity index (χ0v) is 19.0. The van der Waals surface area contributed by atoms with E-state index in [1.807, 2.05) is 37.4 Å². The summed E-state index contributed by atoms with van der Waals surface area (Å²) in [5.74, 6) is 0. The third-order valence-corrected chi connectivity index (χ3v) is 5.47. The first-order valence-corrected chi connectivity index (χ1v) is 11.1. The van der Waals surface area contributed by atoms with Gasteiger partial charge in [-0.1, -0.05) is 36.8 Å². The van der Waals surface area contributed by atoms with Gasteiger partial charge in [-0.25, -0.2) is 4.98 Å². The Morgan fingerprint density at radius 2 is 1.81 bits per heavy atom. The zero-order valence-electron chi connectivity index (χ0n) is 19.0. The van der Waals surface area contributed by atoms with Crippen LogP contribution >= 0.6 is 0 Å². The number of pyridine rings is 1. The van der Waals surface area contributed by atoms with Crippen LogP contribution in [0.2, 0.25) is 0 Å². The molecule has 6 heteroatoms. The van der Waals surface area contributed by atoms with Crippen molar-refractivity contribution in [2.24, 2.45) is 20.7 Å². The van der Waals surface area contributed by atoms with Crippen LogP contribution in [0, 0.1) is 0 Å². The first-order valence-electron chi connectivity index (χ1n) is 11.1. The molecule has 1 aliphatic carbocycles. The lowest BCUT2D eigenvalue weighted by Gasteiger charge is -2.12. The van der Waals surface area contributed by atoms with E-state index in [4.69, 9.17) is 9.98 Å². The average Bonchev–Trinajstić information content (AvgIpc) is 3.27. The number of aliphatic imine (C=N–C) groups is 3. The van der Waals surface area contributed by atoms with Crippen LogP contribution in [0.1, 0.15) is 44.7 Å². The predicted octanol–water partition coefficient (Wildman–Crippen LogP) is 5.33. The Morgan fingerprint density at radius 1 is 1.06 bits per heavy atom. The quantitative estimate of drug-likeness (QED) is 0.538. The largest absolute Gasteiger partial charge is 0.333 e. The average molecular weight is 429 g/mol. The minimum atomic E-state index is 0.429. The fraction of sp³-hybridized carbons (Fsp3) is 0.308. The highest BCUT2D eigenvalue weighted by Gasteiger charge is 2.13. The smallest absolute Gasteiger partial charge is 0.137 e. The predicted molar refractivity (Wildman–Crippen MR) is 136 cm³/mol. The highest BCUT2D eigenvalue weighted by atomic mass is 15.0. The van der Waals surface area contributed by atoms with E-state index in [1.54, 1.807) is 6.20 Å². The van der Waals surface area contributed by atoms with Gasteiger partial charge in [0.15, 0.2) is 0 Å². The summed E-state index contributed by atoms with van der Waals surface area (Å²) in [4.78, 5) is 18.1. The Kier molecular flexibility index (Phi) is 8.63. The number of aromatic nitrogens is 2. The Balaban J connectivity index is 0.00000141. The van der Waals surface area contributed by atoms with Gasteiger partial charge in [-0.05, 0) is 75.2 Å². The number of rotatable bonds is 6. The van der Waals surface area contributed by atoms with Gasteiger partial charge >= 0.3 is 0 Å². The molecular formula is C26H32N6. The van der Waals surface area contributed by atoms with Crippen LogP contribution in [-0.4, -0.2) is 41.2 Å². The lowest BCUT2D eigenvalue weighted by Crippen LogP contribution is -2.09. The van der Waals surface area contributed by atoms with Gasteiger partial charge in [0.1, 0.15) is 12.3 Å². The Morgan fingerprint density at radius 3 is 2.53 bits per heavy atom. The molecule has 6 nitrogen and oxygen atoms in total. The molecular weight excluding hydrogens is 396 g/mol. The molecule has 0 aliphatic heterocycles. The fourth-order valence-corrected chi connectivity index (χ4v) is 3.89. The van der Waals surface area contributed by atoms with Crippen molar-refractivity contribution < 1.29 is 0 Å². The van der Waals surface area contributed by atoms with Crippen LogP contribution in [-0.2, 0) is 0 Å². The second kappa shape index (κ2) is 11.9. The van der Waals surface area contributed by atoms with Crippen molar-refractivity contribution in [1.82, 2.24) is 9.38 Å². The molecule has 1 fully saturated rings. The first-order chi connectivity index (χ1) is 15.8. The molecule has 3 aromatic rings. The van der Waals surface area contributed by atoms with E-state index in [9.17, 15) is 0 Å². The van der Waals surface area contributed by atoms with Gasteiger partial charge in [0.25, 0.3) is 0 Å². The van der Waals surface area contributed by atoms with Gasteiger partial charge in [-0.2, -0.15) is 0 Å². The molecule has 4 rings (SSSR count). The maximum Gasteiger partial charge on any atom is 0.137 e. The second-order valence-corrected chi connectivity index (χ2v) is 7.58. The lowest BCUT2D eigenvalue weighted by molar-refractivity contribution is 0.663. The molecule has 1 aromatic carbocycles. The van der Waals surface area contributed by atoms with Crippen molar-refractivity contribution in [3.05, 3.63) is 72.3 Å². The zero-order chi connectivity index (χ0) is 22.8. The number of nitrogens with two attached hydrogens (primary N) is 1. The van der Waals surface area contributed by atoms with Gasteiger partial charge in [0, 0.05) is 18.1 Å². The Hall–Kier alpha value is -3.38. The standard InChI is InChI=1S/C25H27N5.CH5N/c1-19(15-26-2)25(29-18-28-22-11-7-4-8-12-22)23-16-27-24-14-13-21(17-30(23)24)20-9-5-3-6-10-20;1-2/h3,5-6,9-10,13-17H,2,4,7-8,11-12,18H2,1H3;2H2,1H3/b19-15-,29-25+;. The van der Waals surface area contributed by atoms with Crippen molar-refractivity contribution >= 4 is 23.8 Å². The summed E-state index contributed by atoms with van der Waals surface area (Å²) in [6.07, 6.45) is 11.7. The first kappa shape index (κ1) is 23.3. The Labute approximate surface area is 190 Å². The van der Waals surface area contributed by atoms with E-state index in [0.29, 0.717) is 6.67 Å². The number of hydrogen-bond acceptors (Lipinski definition) is 5. The molecule has 0 atom stereocenters. The molecule has 0 amide bonds. The molecule has 1 aliphatic rings. The maximum atomic E-state index is 4.84. The second-order valence-electron chi connectivity index (χ2n) is 7.58. The van der Waals surface area contributed by atoms with Gasteiger partial charge in [-0.15, -0.1) is 0 Å². The summed E-state index contributed by atoms with van der Waals surface area (Å²) in [7, 11) is 1.50. The van der Waals surface area contributed by atoms with Gasteiger partial charge in [-0.3, -0.25) is 19.4 Å². The topological polar surface area (TPSA) is 80.4 Å². The van der Waals surface area contributed by atoms with Crippen molar-refractivity contribution in [3.63, 3.8) is 0 Å². The van der Waals surface area contributed by atoms with Crippen molar-refractivity contribution in [2.75, 3.05) is 13.7 Å². The lowest BCUT2D eigenvalue weighted by atomic mass is 9.99. The number of imidazole rings is 1. The van der Waals surface area contributed by atoms with E-state index in [1.165, 1.54) is 37.6 Å². The molecule has 1 saturated carbocycles. The third kappa shape index (κ3) is 5.65. The molecule has 0 bridgehead atoms. The number of nitrogens with zero attached hydrogens (tertiary/aromatic N) is 5. The van der Waals surface area contributed by atoms with E-state index < -0.39 is 0 Å². The molecule has 0 unspecified atom stereocenters. The third-order valence-electron chi connectivity index (χ3n) is 5.47. The van der Waals surface area contributed by atoms with E-state index >= 15 is 0 Å². The van der Waals surface area contributed by atoms with Crippen molar-refractivity contribution in [3.8, 4) is 11.1 Å². The maximum absolute atomic E-state index is 4.84. The van der Waals surface area contributed by atoms with Gasteiger partial charge in [0.2, 0.25) is 0 Å². The van der Waals surface area contributed by atoms with Crippen LogP contribution in [0.3, 0.4) is 0 Å². The normalized spacial score (nSPS) is 14.7. The van der Waals surface area contributed by atoms with E-state index in [0.717, 1.165) is 41.0 Å². The van der Waals surface area contributed by atoms with Crippen LogP contribution in [0.5, 0.6) is 0 Å². The summed E-state index contributed by atoms with van der Waals surface area (Å²) in [6, 6.07) is 14.5. The number of hydrogen-bond donors (Lipinski definition) is 1. The van der Waals surface area contributed by atoms with Crippen LogP contribution < -0.4 is 5.73 Å². The van der Waals surface area contributed by atoms with Crippen LogP contribution in [0.25, 0.3) is 16.8 Å². The SMILES string of the molecule is C=N/C=C(C)\C(=N/CN=C1CCCCC1)c1cnc2ccc(-c3ccccc3)cn12.CN. The summed E-state index contributed by atoms with van der Waals surface area (Å²) >= 11 is 0. The minimum absolute atomic E-state index is 0.429. The minimum Gasteiger partial charge on any atom is -0.333 e. The molecule has 2 aromatic heterocycles.